The minimum Gasteiger partial charge on any atom is -0.476 e. The van der Waals surface area contributed by atoms with E-state index in [9.17, 15) is 18.0 Å². The highest BCUT2D eigenvalue weighted by Gasteiger charge is 2.32. The Hall–Kier alpha value is -2.19. The average Bonchev–Trinajstić information content (AvgIpc) is 3.07. The second-order valence-electron chi connectivity index (χ2n) is 8.57. The van der Waals surface area contributed by atoms with E-state index >= 15 is 0 Å². The second kappa shape index (κ2) is 10.6. The van der Waals surface area contributed by atoms with Crippen molar-refractivity contribution in [2.45, 2.75) is 64.1 Å². The summed E-state index contributed by atoms with van der Waals surface area (Å²) >= 11 is 3.17. The molecule has 0 amide bonds. The van der Waals surface area contributed by atoms with E-state index in [0.717, 1.165) is 50.9 Å². The molecule has 3 aromatic rings. The van der Waals surface area contributed by atoms with Crippen LogP contribution in [0.15, 0.2) is 41.3 Å². The zero-order valence-electron chi connectivity index (χ0n) is 20.0. The summed E-state index contributed by atoms with van der Waals surface area (Å²) in [6.45, 7) is 9.36. The number of halogens is 3. The van der Waals surface area contributed by atoms with Crippen molar-refractivity contribution in [3.8, 4) is 5.75 Å². The van der Waals surface area contributed by atoms with Crippen molar-refractivity contribution in [1.82, 2.24) is 0 Å². The van der Waals surface area contributed by atoms with E-state index in [4.69, 9.17) is 9.47 Å². The SMILES string of the molecule is CCOC(=O)C(C)(C)Oc1ccc(SCCCc2sc3cc(C(F)(F)F)ccc3c2C)cc1C. The third-order valence-electron chi connectivity index (χ3n) is 5.46. The normalized spacial score (nSPS) is 12.2. The molecule has 0 fully saturated rings. The van der Waals surface area contributed by atoms with Gasteiger partial charge in [0.1, 0.15) is 5.75 Å². The van der Waals surface area contributed by atoms with Crippen molar-refractivity contribution in [2.24, 2.45) is 0 Å². The molecule has 0 spiro atoms. The van der Waals surface area contributed by atoms with Crippen molar-refractivity contribution >= 4 is 39.2 Å². The van der Waals surface area contributed by atoms with Crippen LogP contribution in [0.2, 0.25) is 0 Å². The van der Waals surface area contributed by atoms with Gasteiger partial charge in [0.05, 0.1) is 12.2 Å². The largest absolute Gasteiger partial charge is 0.476 e. The van der Waals surface area contributed by atoms with Crippen LogP contribution >= 0.6 is 23.1 Å². The number of hydrogen-bond donors (Lipinski definition) is 0. The monoisotopic (exact) mass is 510 g/mol. The molecule has 0 aliphatic rings. The molecule has 3 nitrogen and oxygen atoms in total. The molecule has 0 radical (unpaired) electrons. The first-order chi connectivity index (χ1) is 15.9. The minimum atomic E-state index is -4.32. The lowest BCUT2D eigenvalue weighted by atomic mass is 10.1. The Kier molecular flexibility index (Phi) is 8.24. The molecule has 0 atom stereocenters. The molecule has 1 aromatic heterocycles. The van der Waals surface area contributed by atoms with Gasteiger partial charge in [-0.25, -0.2) is 4.79 Å². The fraction of sp³-hybridized carbons (Fsp3) is 0.423. The minimum absolute atomic E-state index is 0.301. The standard InChI is InChI=1S/C26H29F3O3S2/c1-6-31-24(30)25(4,5)32-21-12-10-19(14-16(21)2)33-13-7-8-22-17(3)20-11-9-18(26(27,28)29)15-23(20)34-22/h9-12,14-15H,6-8,13H2,1-5H3. The lowest BCUT2D eigenvalue weighted by Crippen LogP contribution is -2.39. The Morgan fingerprint density at radius 3 is 2.47 bits per heavy atom. The fourth-order valence-corrected chi connectivity index (χ4v) is 5.80. The summed E-state index contributed by atoms with van der Waals surface area (Å²) in [7, 11) is 0. The molecule has 0 unspecified atom stereocenters. The van der Waals surface area contributed by atoms with E-state index in [1.807, 2.05) is 32.0 Å². The van der Waals surface area contributed by atoms with Crippen LogP contribution in [-0.2, 0) is 22.1 Å². The van der Waals surface area contributed by atoms with Crippen LogP contribution in [0.5, 0.6) is 5.75 Å². The summed E-state index contributed by atoms with van der Waals surface area (Å²) in [5, 5.41) is 0.901. The lowest BCUT2D eigenvalue weighted by Gasteiger charge is -2.25. The Bertz CT molecular complexity index is 1170. The molecule has 0 saturated carbocycles. The number of ether oxygens (including phenoxy) is 2. The molecule has 34 heavy (non-hydrogen) atoms. The van der Waals surface area contributed by atoms with Gasteiger partial charge < -0.3 is 9.47 Å². The van der Waals surface area contributed by atoms with Crippen molar-refractivity contribution in [3.63, 3.8) is 0 Å². The highest BCUT2D eigenvalue weighted by atomic mass is 32.2. The van der Waals surface area contributed by atoms with Crippen LogP contribution in [0.25, 0.3) is 10.1 Å². The van der Waals surface area contributed by atoms with Crippen LogP contribution in [0.4, 0.5) is 13.2 Å². The molecule has 0 saturated heterocycles. The van der Waals surface area contributed by atoms with Gasteiger partial charge in [-0.2, -0.15) is 13.2 Å². The van der Waals surface area contributed by atoms with Gasteiger partial charge in [0.15, 0.2) is 5.60 Å². The molecular formula is C26H29F3O3S2. The van der Waals surface area contributed by atoms with Gasteiger partial charge in [-0.15, -0.1) is 23.1 Å². The van der Waals surface area contributed by atoms with E-state index in [-0.39, 0.29) is 0 Å². The van der Waals surface area contributed by atoms with E-state index in [1.54, 1.807) is 38.6 Å². The van der Waals surface area contributed by atoms with Gasteiger partial charge in [0.2, 0.25) is 0 Å². The van der Waals surface area contributed by atoms with E-state index in [2.05, 4.69) is 0 Å². The average molecular weight is 511 g/mol. The predicted molar refractivity (Wildman–Crippen MR) is 133 cm³/mol. The van der Waals surface area contributed by atoms with Crippen LogP contribution < -0.4 is 4.74 Å². The number of alkyl halides is 3. The van der Waals surface area contributed by atoms with Crippen molar-refractivity contribution in [3.05, 3.63) is 58.0 Å². The third kappa shape index (κ3) is 6.27. The topological polar surface area (TPSA) is 35.5 Å². The van der Waals surface area contributed by atoms with Crippen LogP contribution in [0.1, 0.15) is 48.8 Å². The third-order valence-corrected chi connectivity index (χ3v) is 7.85. The van der Waals surface area contributed by atoms with Crippen LogP contribution in [0.3, 0.4) is 0 Å². The van der Waals surface area contributed by atoms with Crippen LogP contribution in [0, 0.1) is 13.8 Å². The molecule has 8 heteroatoms. The fourth-order valence-electron chi connectivity index (χ4n) is 3.56. The van der Waals surface area contributed by atoms with Crippen LogP contribution in [-0.4, -0.2) is 23.9 Å². The van der Waals surface area contributed by atoms with Crippen molar-refractivity contribution in [1.29, 1.82) is 0 Å². The summed E-state index contributed by atoms with van der Waals surface area (Å²) in [6, 6.07) is 9.86. The lowest BCUT2D eigenvalue weighted by molar-refractivity contribution is -0.158. The quantitative estimate of drug-likeness (QED) is 0.166. The van der Waals surface area contributed by atoms with Gasteiger partial charge in [0, 0.05) is 14.5 Å². The zero-order chi connectivity index (χ0) is 25.1. The molecule has 0 bridgehead atoms. The number of hydrogen-bond acceptors (Lipinski definition) is 5. The van der Waals surface area contributed by atoms with Crippen molar-refractivity contribution < 1.29 is 27.4 Å². The summed E-state index contributed by atoms with van der Waals surface area (Å²) in [5.74, 6) is 1.12. The summed E-state index contributed by atoms with van der Waals surface area (Å²) in [5.41, 5.74) is 0.332. The van der Waals surface area contributed by atoms with Crippen molar-refractivity contribution in [2.75, 3.05) is 12.4 Å². The maximum Gasteiger partial charge on any atom is 0.416 e. The smallest absolute Gasteiger partial charge is 0.416 e. The highest BCUT2D eigenvalue weighted by Crippen LogP contribution is 2.37. The number of fused-ring (bicyclic) bond motifs is 1. The number of aryl methyl sites for hydroxylation is 3. The summed E-state index contributed by atoms with van der Waals surface area (Å²) in [6.07, 6.45) is -2.58. The van der Waals surface area contributed by atoms with E-state index in [1.165, 1.54) is 17.4 Å². The molecule has 0 N–H and O–H groups in total. The van der Waals surface area contributed by atoms with Gasteiger partial charge >= 0.3 is 12.1 Å². The van der Waals surface area contributed by atoms with Gasteiger partial charge in [0.25, 0.3) is 0 Å². The number of thiophene rings is 1. The number of benzene rings is 2. The first-order valence-corrected chi connectivity index (χ1v) is 12.9. The Labute approximate surface area is 206 Å². The summed E-state index contributed by atoms with van der Waals surface area (Å²) < 4.78 is 50.7. The summed E-state index contributed by atoms with van der Waals surface area (Å²) in [4.78, 5) is 14.3. The van der Waals surface area contributed by atoms with Gasteiger partial charge in [-0.3, -0.25) is 0 Å². The second-order valence-corrected chi connectivity index (χ2v) is 10.9. The van der Waals surface area contributed by atoms with E-state index < -0.39 is 23.3 Å². The number of carbonyl (C=O) groups is 1. The molecule has 184 valence electrons. The van der Waals surface area contributed by atoms with Gasteiger partial charge in [-0.1, -0.05) is 6.07 Å². The van der Waals surface area contributed by atoms with Gasteiger partial charge in [-0.05, 0) is 100 Å². The number of thioether (sulfide) groups is 1. The molecule has 0 aliphatic heterocycles. The predicted octanol–water partition coefficient (Wildman–Crippen LogP) is 7.98. The van der Waals surface area contributed by atoms with E-state index in [0.29, 0.717) is 17.1 Å². The Balaban J connectivity index is 1.58. The number of esters is 1. The highest BCUT2D eigenvalue weighted by molar-refractivity contribution is 7.99. The Morgan fingerprint density at radius 1 is 1.09 bits per heavy atom. The Morgan fingerprint density at radius 2 is 1.82 bits per heavy atom. The molecule has 1 heterocycles. The number of carbonyl (C=O) groups excluding carboxylic acids is 1. The first kappa shape index (κ1) is 26.4. The first-order valence-electron chi connectivity index (χ1n) is 11.1. The number of rotatable bonds is 9. The maximum atomic E-state index is 13.0. The molecule has 0 aliphatic carbocycles. The maximum absolute atomic E-state index is 13.0. The zero-order valence-corrected chi connectivity index (χ0v) is 21.6. The molecule has 3 rings (SSSR count). The molecule has 2 aromatic carbocycles. The molecular weight excluding hydrogens is 481 g/mol.